The van der Waals surface area contributed by atoms with Crippen molar-refractivity contribution in [1.29, 1.82) is 0 Å². The molecular weight excluding hydrogens is 214 g/mol. The minimum Gasteiger partial charge on any atom is -0.481 e. The van der Waals surface area contributed by atoms with Gasteiger partial charge in [-0.15, -0.1) is 11.8 Å². The highest BCUT2D eigenvalue weighted by molar-refractivity contribution is 8.00. The molecule has 0 rings (SSSR count). The molecule has 2 unspecified atom stereocenters. The van der Waals surface area contributed by atoms with E-state index in [-0.39, 0.29) is 11.9 Å². The van der Waals surface area contributed by atoms with E-state index in [0.29, 0.717) is 11.0 Å². The van der Waals surface area contributed by atoms with Crippen molar-refractivity contribution in [3.8, 4) is 0 Å². The molecule has 5 heteroatoms. The van der Waals surface area contributed by atoms with Crippen LogP contribution in [0.4, 0.5) is 0 Å². The topological polar surface area (TPSA) is 66.4 Å². The number of carboxylic acid groups (broad SMARTS) is 1. The summed E-state index contributed by atoms with van der Waals surface area (Å²) in [6.45, 7) is 7.32. The van der Waals surface area contributed by atoms with Crippen molar-refractivity contribution in [1.82, 2.24) is 5.32 Å². The Balaban J connectivity index is 3.91. The predicted molar refractivity (Wildman–Crippen MR) is 62.0 cm³/mol. The van der Waals surface area contributed by atoms with E-state index in [0.717, 1.165) is 0 Å². The first-order chi connectivity index (χ1) is 6.84. The summed E-state index contributed by atoms with van der Waals surface area (Å²) in [5.41, 5.74) is 0. The molecule has 2 N–H and O–H groups in total. The van der Waals surface area contributed by atoms with Crippen LogP contribution in [0, 0.1) is 5.92 Å². The first-order valence-electron chi connectivity index (χ1n) is 4.98. The van der Waals surface area contributed by atoms with E-state index in [1.165, 1.54) is 0 Å². The molecule has 15 heavy (non-hydrogen) atoms. The van der Waals surface area contributed by atoms with E-state index in [1.807, 2.05) is 13.8 Å². The number of carboxylic acids is 1. The molecule has 0 saturated carbocycles. The molecule has 0 aromatic rings. The van der Waals surface area contributed by atoms with E-state index < -0.39 is 11.9 Å². The molecule has 4 nitrogen and oxygen atoms in total. The minimum atomic E-state index is -0.890. The normalized spacial score (nSPS) is 14.7. The summed E-state index contributed by atoms with van der Waals surface area (Å²) in [6.07, 6.45) is 0. The second-order valence-corrected chi connectivity index (χ2v) is 5.41. The highest BCUT2D eigenvalue weighted by Crippen LogP contribution is 2.09. The molecule has 0 heterocycles. The van der Waals surface area contributed by atoms with Crippen LogP contribution >= 0.6 is 11.8 Å². The first kappa shape index (κ1) is 14.3. The van der Waals surface area contributed by atoms with Crippen molar-refractivity contribution in [2.45, 2.75) is 39.0 Å². The van der Waals surface area contributed by atoms with Crippen molar-refractivity contribution in [3.05, 3.63) is 0 Å². The number of nitrogens with one attached hydrogen (secondary N) is 1. The van der Waals surface area contributed by atoms with Crippen LogP contribution in [0.2, 0.25) is 0 Å². The first-order valence-corrected chi connectivity index (χ1v) is 6.03. The van der Waals surface area contributed by atoms with E-state index in [9.17, 15) is 9.59 Å². The second kappa shape index (κ2) is 6.71. The number of hydrogen-bond acceptors (Lipinski definition) is 3. The summed E-state index contributed by atoms with van der Waals surface area (Å²) >= 11 is 1.54. The van der Waals surface area contributed by atoms with Crippen molar-refractivity contribution < 1.29 is 14.7 Å². The van der Waals surface area contributed by atoms with E-state index >= 15 is 0 Å². The minimum absolute atomic E-state index is 0.103. The van der Waals surface area contributed by atoms with Crippen molar-refractivity contribution in [2.24, 2.45) is 5.92 Å². The smallest absolute Gasteiger partial charge is 0.308 e. The van der Waals surface area contributed by atoms with Gasteiger partial charge in [-0.25, -0.2) is 0 Å². The summed E-state index contributed by atoms with van der Waals surface area (Å²) in [5.74, 6) is -1.17. The van der Waals surface area contributed by atoms with Crippen molar-refractivity contribution in [2.75, 3.05) is 5.75 Å². The summed E-state index contributed by atoms with van der Waals surface area (Å²) in [6, 6.07) is -0.331. The highest BCUT2D eigenvalue weighted by atomic mass is 32.2. The molecule has 0 aromatic carbocycles. The summed E-state index contributed by atoms with van der Waals surface area (Å²) in [5, 5.41) is 11.8. The van der Waals surface area contributed by atoms with E-state index in [2.05, 4.69) is 5.32 Å². The van der Waals surface area contributed by atoms with Crippen LogP contribution in [-0.2, 0) is 9.59 Å². The lowest BCUT2D eigenvalue weighted by Crippen LogP contribution is -2.41. The fraction of sp³-hybridized carbons (Fsp3) is 0.800. The van der Waals surface area contributed by atoms with Crippen molar-refractivity contribution >= 4 is 23.6 Å². The third-order valence-corrected chi connectivity index (χ3v) is 3.17. The quantitative estimate of drug-likeness (QED) is 0.727. The lowest BCUT2D eigenvalue weighted by atomic mass is 10.0. The van der Waals surface area contributed by atoms with Gasteiger partial charge in [0.2, 0.25) is 5.91 Å². The van der Waals surface area contributed by atoms with Crippen LogP contribution < -0.4 is 5.32 Å². The maximum absolute atomic E-state index is 11.4. The molecule has 88 valence electrons. The van der Waals surface area contributed by atoms with Crippen LogP contribution in [0.5, 0.6) is 0 Å². The fourth-order valence-corrected chi connectivity index (χ4v) is 1.44. The summed E-state index contributed by atoms with van der Waals surface area (Å²) < 4.78 is 0. The zero-order valence-electron chi connectivity index (χ0n) is 9.61. The average molecular weight is 233 g/mol. The Kier molecular flexibility index (Phi) is 6.40. The van der Waals surface area contributed by atoms with Gasteiger partial charge in [-0.2, -0.15) is 0 Å². The lowest BCUT2D eigenvalue weighted by Gasteiger charge is -2.17. The van der Waals surface area contributed by atoms with Gasteiger partial charge in [-0.05, 0) is 19.1 Å². The average Bonchev–Trinajstić information content (AvgIpc) is 2.13. The molecule has 0 aliphatic rings. The van der Waals surface area contributed by atoms with Crippen molar-refractivity contribution in [3.63, 3.8) is 0 Å². The molecule has 0 spiro atoms. The maximum atomic E-state index is 11.4. The molecular formula is C10H19NO3S. The zero-order valence-corrected chi connectivity index (χ0v) is 10.4. The lowest BCUT2D eigenvalue weighted by molar-refractivity contribution is -0.142. The number of aliphatic carboxylic acids is 1. The molecule has 1 amide bonds. The van der Waals surface area contributed by atoms with Crippen LogP contribution in [0.25, 0.3) is 0 Å². The SMILES string of the molecule is CC(C)SCC(=O)NC(C)C(C)C(=O)O. The van der Waals surface area contributed by atoms with Crippen LogP contribution in [0.15, 0.2) is 0 Å². The van der Waals surface area contributed by atoms with Gasteiger partial charge in [0.1, 0.15) is 0 Å². The molecule has 0 fully saturated rings. The number of carbonyl (C=O) groups is 2. The molecule has 0 bridgehead atoms. The van der Waals surface area contributed by atoms with Gasteiger partial charge in [-0.1, -0.05) is 13.8 Å². The van der Waals surface area contributed by atoms with E-state index in [4.69, 9.17) is 5.11 Å². The number of rotatable bonds is 6. The highest BCUT2D eigenvalue weighted by Gasteiger charge is 2.20. The molecule has 0 saturated heterocycles. The number of thioether (sulfide) groups is 1. The van der Waals surface area contributed by atoms with Gasteiger partial charge < -0.3 is 10.4 Å². The Bertz CT molecular complexity index is 231. The maximum Gasteiger partial charge on any atom is 0.308 e. The monoisotopic (exact) mass is 233 g/mol. The van der Waals surface area contributed by atoms with E-state index in [1.54, 1.807) is 25.6 Å². The molecule has 0 aliphatic heterocycles. The summed E-state index contributed by atoms with van der Waals surface area (Å²) in [7, 11) is 0. The Hall–Kier alpha value is -0.710. The number of carbonyl (C=O) groups excluding carboxylic acids is 1. The Morgan fingerprint density at radius 3 is 2.20 bits per heavy atom. The van der Waals surface area contributed by atoms with Gasteiger partial charge in [0.25, 0.3) is 0 Å². The van der Waals surface area contributed by atoms with Gasteiger partial charge in [0.15, 0.2) is 0 Å². The van der Waals surface area contributed by atoms with Gasteiger partial charge in [0.05, 0.1) is 11.7 Å². The molecule has 2 atom stereocenters. The fourth-order valence-electron chi connectivity index (χ4n) is 0.877. The van der Waals surface area contributed by atoms with Gasteiger partial charge in [0, 0.05) is 6.04 Å². The molecule has 0 aliphatic carbocycles. The number of hydrogen-bond donors (Lipinski definition) is 2. The second-order valence-electron chi connectivity index (χ2n) is 3.84. The Morgan fingerprint density at radius 1 is 1.27 bits per heavy atom. The predicted octanol–water partition coefficient (Wildman–Crippen LogP) is 1.35. The molecule has 0 aromatic heterocycles. The van der Waals surface area contributed by atoms with Crippen LogP contribution in [0.1, 0.15) is 27.7 Å². The zero-order chi connectivity index (χ0) is 12.0. The molecule has 0 radical (unpaired) electrons. The third-order valence-electron chi connectivity index (χ3n) is 2.08. The Morgan fingerprint density at radius 2 is 1.80 bits per heavy atom. The standard InChI is InChI=1S/C10H19NO3S/c1-6(2)15-5-9(12)11-8(4)7(3)10(13)14/h6-8H,5H2,1-4H3,(H,11,12)(H,13,14). The number of amides is 1. The van der Waals surface area contributed by atoms with Crippen LogP contribution in [-0.4, -0.2) is 34.0 Å². The third kappa shape index (κ3) is 6.38. The van der Waals surface area contributed by atoms with Gasteiger partial charge >= 0.3 is 5.97 Å². The Labute approximate surface area is 94.8 Å². The van der Waals surface area contributed by atoms with Crippen LogP contribution in [0.3, 0.4) is 0 Å². The largest absolute Gasteiger partial charge is 0.481 e. The summed E-state index contributed by atoms with van der Waals surface area (Å²) in [4.78, 5) is 22.0. The van der Waals surface area contributed by atoms with Gasteiger partial charge in [-0.3, -0.25) is 9.59 Å².